The molecule has 0 unspecified atom stereocenters. The quantitative estimate of drug-likeness (QED) is 0.419. The molecule has 4 N–H and O–H groups in total. The van der Waals surface area contributed by atoms with Crippen LogP contribution in [0.2, 0.25) is 0 Å². The summed E-state index contributed by atoms with van der Waals surface area (Å²) in [6.45, 7) is 3.47. The van der Waals surface area contributed by atoms with Crippen molar-refractivity contribution in [2.75, 3.05) is 5.73 Å². The summed E-state index contributed by atoms with van der Waals surface area (Å²) in [7, 11) is 0. The van der Waals surface area contributed by atoms with Gasteiger partial charge in [0.25, 0.3) is 0 Å². The van der Waals surface area contributed by atoms with E-state index in [2.05, 4.69) is 6.58 Å². The second kappa shape index (κ2) is 4.22. The van der Waals surface area contributed by atoms with E-state index in [1.165, 1.54) is 0 Å². The molecule has 3 nitrogen and oxygen atoms in total. The summed E-state index contributed by atoms with van der Waals surface area (Å²) in [6, 6.07) is 12.3. The number of anilines is 1. The minimum absolute atomic E-state index is 0.00440. The van der Waals surface area contributed by atoms with E-state index in [9.17, 15) is 10.2 Å². The third kappa shape index (κ3) is 2.08. The van der Waals surface area contributed by atoms with Crippen LogP contribution in [0.1, 0.15) is 5.56 Å². The van der Waals surface area contributed by atoms with Crippen LogP contribution in [0.5, 0.6) is 5.75 Å². The molecule has 0 saturated carbocycles. The fourth-order valence-corrected chi connectivity index (χ4v) is 1.66. The maximum atomic E-state index is 9.87. The number of aromatic hydroxyl groups is 1. The summed E-state index contributed by atoms with van der Waals surface area (Å²) < 4.78 is 0. The molecule has 0 bridgehead atoms. The van der Waals surface area contributed by atoms with E-state index in [-0.39, 0.29) is 11.5 Å². The van der Waals surface area contributed by atoms with Gasteiger partial charge >= 0.3 is 0 Å². The van der Waals surface area contributed by atoms with Gasteiger partial charge in [0.1, 0.15) is 11.5 Å². The zero-order chi connectivity index (χ0) is 12.4. The topological polar surface area (TPSA) is 66.5 Å². The molecular weight excluding hydrogens is 214 g/mol. The molecule has 0 spiro atoms. The van der Waals surface area contributed by atoms with E-state index in [1.807, 2.05) is 6.07 Å². The van der Waals surface area contributed by atoms with Gasteiger partial charge in [-0.25, -0.2) is 0 Å². The highest BCUT2D eigenvalue weighted by atomic mass is 16.3. The molecular formula is C14H13NO2. The van der Waals surface area contributed by atoms with Gasteiger partial charge in [-0.2, -0.15) is 0 Å². The molecule has 17 heavy (non-hydrogen) atoms. The Kier molecular flexibility index (Phi) is 2.75. The molecule has 0 heterocycles. The maximum absolute atomic E-state index is 9.87. The third-order valence-corrected chi connectivity index (χ3v) is 2.57. The Morgan fingerprint density at radius 2 is 1.82 bits per heavy atom. The Morgan fingerprint density at radius 3 is 2.53 bits per heavy atom. The van der Waals surface area contributed by atoms with Crippen LogP contribution >= 0.6 is 0 Å². The summed E-state index contributed by atoms with van der Waals surface area (Å²) in [5.74, 6) is 0.0449. The van der Waals surface area contributed by atoms with Crippen LogP contribution in [0.15, 0.2) is 49.0 Å². The number of phenolic OH excluding ortho intramolecular Hbond substituents is 1. The van der Waals surface area contributed by atoms with E-state index in [4.69, 9.17) is 5.73 Å². The van der Waals surface area contributed by atoms with Gasteiger partial charge < -0.3 is 15.9 Å². The predicted octanol–water partition coefficient (Wildman–Crippen LogP) is 3.17. The van der Waals surface area contributed by atoms with Crippen molar-refractivity contribution in [2.45, 2.75) is 0 Å². The Hall–Kier alpha value is -2.42. The van der Waals surface area contributed by atoms with Crippen LogP contribution in [0.25, 0.3) is 16.9 Å². The first-order chi connectivity index (χ1) is 8.09. The number of aliphatic hydroxyl groups is 1. The minimum atomic E-state index is -0.00440. The van der Waals surface area contributed by atoms with Gasteiger partial charge in [-0.05, 0) is 17.7 Å². The number of nitrogens with two attached hydrogens (primary N) is 1. The molecule has 2 aromatic rings. The van der Waals surface area contributed by atoms with Gasteiger partial charge in [0.05, 0.1) is 5.69 Å². The fourth-order valence-electron chi connectivity index (χ4n) is 1.66. The van der Waals surface area contributed by atoms with Gasteiger partial charge in [-0.3, -0.25) is 0 Å². The summed E-state index contributed by atoms with van der Waals surface area (Å²) >= 11 is 0. The molecule has 0 atom stereocenters. The van der Waals surface area contributed by atoms with Gasteiger partial charge in [0.15, 0.2) is 0 Å². The number of hydrogen-bond acceptors (Lipinski definition) is 3. The van der Waals surface area contributed by atoms with Gasteiger partial charge in [0.2, 0.25) is 0 Å². The molecule has 0 amide bonds. The molecule has 0 aromatic heterocycles. The van der Waals surface area contributed by atoms with Crippen LogP contribution in [-0.2, 0) is 0 Å². The van der Waals surface area contributed by atoms with Crippen LogP contribution in [-0.4, -0.2) is 10.2 Å². The van der Waals surface area contributed by atoms with E-state index < -0.39 is 0 Å². The molecule has 0 aliphatic heterocycles. The molecule has 86 valence electrons. The fraction of sp³-hybridized carbons (Fsp3) is 0. The number of benzene rings is 2. The Morgan fingerprint density at radius 1 is 1.12 bits per heavy atom. The van der Waals surface area contributed by atoms with Crippen molar-refractivity contribution in [3.05, 3.63) is 54.6 Å². The number of hydrogen-bond donors (Lipinski definition) is 3. The standard InChI is InChI=1S/C14H13NO2/c1-9(16)10-4-2-5-11(8-10)12-6-3-7-13(15)14(12)17/h2-8,16-17H,1,15H2. The molecule has 0 fully saturated rings. The Balaban J connectivity index is 2.57. The molecule has 2 rings (SSSR count). The lowest BCUT2D eigenvalue weighted by Gasteiger charge is -2.08. The van der Waals surface area contributed by atoms with Crippen molar-refractivity contribution in [3.8, 4) is 16.9 Å². The monoisotopic (exact) mass is 227 g/mol. The first kappa shape index (κ1) is 11.1. The SMILES string of the molecule is C=C(O)c1cccc(-c2cccc(N)c2O)c1. The highest BCUT2D eigenvalue weighted by Gasteiger charge is 2.07. The van der Waals surface area contributed by atoms with Crippen molar-refractivity contribution < 1.29 is 10.2 Å². The van der Waals surface area contributed by atoms with Gasteiger partial charge in [-0.15, -0.1) is 0 Å². The normalized spacial score (nSPS) is 10.1. The van der Waals surface area contributed by atoms with Crippen molar-refractivity contribution >= 4 is 11.4 Å². The van der Waals surface area contributed by atoms with Crippen LogP contribution in [0.3, 0.4) is 0 Å². The summed E-state index contributed by atoms with van der Waals surface area (Å²) in [5.41, 5.74) is 8.00. The lowest BCUT2D eigenvalue weighted by Crippen LogP contribution is -1.88. The maximum Gasteiger partial charge on any atom is 0.146 e. The number of para-hydroxylation sites is 1. The zero-order valence-electron chi connectivity index (χ0n) is 9.22. The second-order valence-corrected chi connectivity index (χ2v) is 3.77. The molecule has 0 radical (unpaired) electrons. The first-order valence-corrected chi connectivity index (χ1v) is 5.15. The first-order valence-electron chi connectivity index (χ1n) is 5.15. The number of phenols is 1. The number of aliphatic hydroxyl groups excluding tert-OH is 1. The van der Waals surface area contributed by atoms with Crippen molar-refractivity contribution in [1.82, 2.24) is 0 Å². The molecule has 0 aliphatic rings. The molecule has 0 aliphatic carbocycles. The van der Waals surface area contributed by atoms with Crippen molar-refractivity contribution in [2.24, 2.45) is 0 Å². The minimum Gasteiger partial charge on any atom is -0.508 e. The summed E-state index contributed by atoms with van der Waals surface area (Å²) in [4.78, 5) is 0. The molecule has 2 aromatic carbocycles. The second-order valence-electron chi connectivity index (χ2n) is 3.77. The van der Waals surface area contributed by atoms with E-state index >= 15 is 0 Å². The predicted molar refractivity (Wildman–Crippen MR) is 69.6 cm³/mol. The van der Waals surface area contributed by atoms with Crippen LogP contribution in [0, 0.1) is 0 Å². The van der Waals surface area contributed by atoms with Crippen LogP contribution < -0.4 is 5.73 Å². The van der Waals surface area contributed by atoms with Crippen LogP contribution in [0.4, 0.5) is 5.69 Å². The van der Waals surface area contributed by atoms with Crippen molar-refractivity contribution in [3.63, 3.8) is 0 Å². The van der Waals surface area contributed by atoms with E-state index in [0.29, 0.717) is 16.8 Å². The summed E-state index contributed by atoms with van der Waals surface area (Å²) in [5, 5.41) is 19.2. The Labute approximate surface area is 99.5 Å². The lowest BCUT2D eigenvalue weighted by atomic mass is 10.0. The van der Waals surface area contributed by atoms with Crippen molar-refractivity contribution in [1.29, 1.82) is 0 Å². The molecule has 3 heteroatoms. The zero-order valence-corrected chi connectivity index (χ0v) is 9.22. The highest BCUT2D eigenvalue weighted by Crippen LogP contribution is 2.34. The van der Waals surface area contributed by atoms with E-state index in [0.717, 1.165) is 5.56 Å². The van der Waals surface area contributed by atoms with E-state index in [1.54, 1.807) is 36.4 Å². The third-order valence-electron chi connectivity index (χ3n) is 2.57. The number of nitrogen functional groups attached to an aromatic ring is 1. The number of rotatable bonds is 2. The largest absolute Gasteiger partial charge is 0.508 e. The van der Waals surface area contributed by atoms with Gasteiger partial charge in [-0.1, -0.05) is 36.9 Å². The molecule has 0 saturated heterocycles. The van der Waals surface area contributed by atoms with Gasteiger partial charge in [0, 0.05) is 11.1 Å². The summed E-state index contributed by atoms with van der Waals surface area (Å²) in [6.07, 6.45) is 0. The average molecular weight is 227 g/mol. The average Bonchev–Trinajstić information content (AvgIpc) is 2.33. The Bertz CT molecular complexity index is 576. The lowest BCUT2D eigenvalue weighted by molar-refractivity contribution is 0.480. The smallest absolute Gasteiger partial charge is 0.146 e. The highest BCUT2D eigenvalue weighted by molar-refractivity contribution is 5.78.